The first kappa shape index (κ1) is 15.2. The van der Waals surface area contributed by atoms with E-state index >= 15 is 0 Å². The third kappa shape index (κ3) is 3.89. The smallest absolute Gasteiger partial charge is 0.255 e. The Balaban J connectivity index is 1.97. The van der Waals surface area contributed by atoms with Crippen LogP contribution in [-0.4, -0.2) is 11.6 Å². The molecule has 0 aliphatic heterocycles. The van der Waals surface area contributed by atoms with Crippen molar-refractivity contribution in [2.45, 2.75) is 6.42 Å². The molecule has 0 saturated heterocycles. The van der Waals surface area contributed by atoms with Crippen LogP contribution >= 0.6 is 11.6 Å². The molecule has 0 radical (unpaired) electrons. The van der Waals surface area contributed by atoms with Crippen LogP contribution in [0.4, 0.5) is 13.2 Å². The molecule has 6 heteroatoms. The minimum Gasteiger partial charge on any atom is -0.488 e. The lowest BCUT2D eigenvalue weighted by Gasteiger charge is -2.07. The van der Waals surface area contributed by atoms with E-state index in [0.717, 1.165) is 5.56 Å². The van der Waals surface area contributed by atoms with Gasteiger partial charge in [-0.2, -0.15) is 18.2 Å². The minimum atomic E-state index is -1.60. The quantitative estimate of drug-likeness (QED) is 0.486. The molecule has 0 N–H and O–H groups in total. The summed E-state index contributed by atoms with van der Waals surface area (Å²) in [5.41, 5.74) is 0.822. The molecule has 1 heterocycles. The van der Waals surface area contributed by atoms with Crippen molar-refractivity contribution in [2.75, 3.05) is 6.61 Å². The zero-order valence-electron chi connectivity index (χ0n) is 10.7. The van der Waals surface area contributed by atoms with E-state index in [0.29, 0.717) is 0 Å². The SMILES string of the molecule is Fc1nc(F)c(Cl)c(OCCC#Cc2ccccc2)c1F. The van der Waals surface area contributed by atoms with Crippen LogP contribution < -0.4 is 4.74 Å². The molecule has 0 bridgehead atoms. The zero-order chi connectivity index (χ0) is 15.2. The fraction of sp³-hybridized carbons (Fsp3) is 0.133. The Morgan fingerprint density at radius 1 is 1.10 bits per heavy atom. The van der Waals surface area contributed by atoms with Crippen LogP contribution in [0.1, 0.15) is 12.0 Å². The molecular weight excluding hydrogens is 303 g/mol. The molecule has 108 valence electrons. The Hall–Kier alpha value is -2.19. The van der Waals surface area contributed by atoms with E-state index in [1.165, 1.54) is 0 Å². The summed E-state index contributed by atoms with van der Waals surface area (Å²) in [6, 6.07) is 9.22. The van der Waals surface area contributed by atoms with Crippen LogP contribution in [0.25, 0.3) is 0 Å². The predicted octanol–water partition coefficient (Wildman–Crippen LogP) is 3.97. The number of hydrogen-bond donors (Lipinski definition) is 0. The van der Waals surface area contributed by atoms with Gasteiger partial charge in [0.1, 0.15) is 5.02 Å². The minimum absolute atomic E-state index is 0.0562. The first-order valence-corrected chi connectivity index (χ1v) is 6.34. The Morgan fingerprint density at radius 2 is 1.81 bits per heavy atom. The maximum absolute atomic E-state index is 13.4. The highest BCUT2D eigenvalue weighted by Crippen LogP contribution is 2.30. The van der Waals surface area contributed by atoms with E-state index in [-0.39, 0.29) is 13.0 Å². The van der Waals surface area contributed by atoms with Gasteiger partial charge in [-0.05, 0) is 12.1 Å². The summed E-state index contributed by atoms with van der Waals surface area (Å²) in [7, 11) is 0. The van der Waals surface area contributed by atoms with Gasteiger partial charge in [-0.3, -0.25) is 0 Å². The number of benzene rings is 1. The molecule has 2 rings (SSSR count). The summed E-state index contributed by atoms with van der Waals surface area (Å²) in [5, 5.41) is -0.690. The Bertz CT molecular complexity index is 669. The zero-order valence-corrected chi connectivity index (χ0v) is 11.4. The Morgan fingerprint density at radius 3 is 2.52 bits per heavy atom. The van der Waals surface area contributed by atoms with Crippen LogP contribution in [0.3, 0.4) is 0 Å². The number of aromatic nitrogens is 1. The van der Waals surface area contributed by atoms with E-state index < -0.39 is 28.5 Å². The second kappa shape index (κ2) is 7.00. The number of halogens is 4. The number of ether oxygens (including phenoxy) is 1. The predicted molar refractivity (Wildman–Crippen MR) is 72.6 cm³/mol. The topological polar surface area (TPSA) is 22.1 Å². The molecule has 0 fully saturated rings. The van der Waals surface area contributed by atoms with Gasteiger partial charge in [0.05, 0.1) is 6.61 Å². The van der Waals surface area contributed by atoms with Gasteiger partial charge in [0.2, 0.25) is 11.8 Å². The number of rotatable bonds is 3. The average Bonchev–Trinajstić information content (AvgIpc) is 2.49. The second-order valence-electron chi connectivity index (χ2n) is 3.92. The van der Waals surface area contributed by atoms with Gasteiger partial charge < -0.3 is 4.74 Å². The summed E-state index contributed by atoms with van der Waals surface area (Å²) in [4.78, 5) is 2.67. The summed E-state index contributed by atoms with van der Waals surface area (Å²) in [6.07, 6.45) is 0.246. The van der Waals surface area contributed by atoms with Crippen molar-refractivity contribution in [3.63, 3.8) is 0 Å². The lowest BCUT2D eigenvalue weighted by Crippen LogP contribution is -2.04. The Labute approximate surface area is 124 Å². The first-order valence-electron chi connectivity index (χ1n) is 5.96. The highest BCUT2D eigenvalue weighted by atomic mass is 35.5. The summed E-state index contributed by atoms with van der Waals surface area (Å²) in [5.74, 6) is 0.638. The molecule has 0 amide bonds. The molecule has 0 spiro atoms. The van der Waals surface area contributed by atoms with Crippen molar-refractivity contribution in [3.05, 3.63) is 58.6 Å². The van der Waals surface area contributed by atoms with E-state index in [1.807, 2.05) is 30.3 Å². The normalized spacial score (nSPS) is 9.90. The highest BCUT2D eigenvalue weighted by Gasteiger charge is 2.20. The van der Waals surface area contributed by atoms with Gasteiger partial charge in [-0.15, -0.1) is 0 Å². The number of hydrogen-bond acceptors (Lipinski definition) is 2. The Kier molecular flexibility index (Phi) is 5.07. The third-order valence-electron chi connectivity index (χ3n) is 2.44. The molecule has 0 unspecified atom stereocenters. The van der Waals surface area contributed by atoms with Crippen LogP contribution in [0.5, 0.6) is 5.75 Å². The van der Waals surface area contributed by atoms with E-state index in [4.69, 9.17) is 16.3 Å². The summed E-state index contributed by atoms with van der Waals surface area (Å²) >= 11 is 5.47. The van der Waals surface area contributed by atoms with Gasteiger partial charge in [0.15, 0.2) is 5.75 Å². The van der Waals surface area contributed by atoms with Gasteiger partial charge in [0.25, 0.3) is 5.95 Å². The van der Waals surface area contributed by atoms with Gasteiger partial charge >= 0.3 is 0 Å². The maximum Gasteiger partial charge on any atom is 0.255 e. The van der Waals surface area contributed by atoms with Crippen molar-refractivity contribution < 1.29 is 17.9 Å². The largest absolute Gasteiger partial charge is 0.488 e. The second-order valence-corrected chi connectivity index (χ2v) is 4.29. The van der Waals surface area contributed by atoms with E-state index in [1.54, 1.807) is 0 Å². The fourth-order valence-electron chi connectivity index (χ4n) is 1.48. The lowest BCUT2D eigenvalue weighted by atomic mass is 10.2. The standard InChI is InChI=1S/C15H9ClF3NO/c16-11-13(12(17)15(19)20-14(11)18)21-9-5-4-8-10-6-2-1-3-7-10/h1-3,6-7H,5,9H2. The fourth-order valence-corrected chi connectivity index (χ4v) is 1.66. The summed E-state index contributed by atoms with van der Waals surface area (Å²) in [6.45, 7) is -0.0562. The molecule has 1 aromatic carbocycles. The molecular formula is C15H9ClF3NO. The van der Waals surface area contributed by atoms with Gasteiger partial charge in [-0.25, -0.2) is 0 Å². The van der Waals surface area contributed by atoms with E-state index in [9.17, 15) is 13.2 Å². The first-order chi connectivity index (χ1) is 10.1. The summed E-state index contributed by atoms with van der Waals surface area (Å²) < 4.78 is 44.3. The number of pyridine rings is 1. The molecule has 0 aliphatic rings. The number of nitrogens with zero attached hydrogens (tertiary/aromatic N) is 1. The molecule has 21 heavy (non-hydrogen) atoms. The monoisotopic (exact) mass is 311 g/mol. The maximum atomic E-state index is 13.4. The van der Waals surface area contributed by atoms with Crippen LogP contribution in [0.15, 0.2) is 30.3 Å². The highest BCUT2D eigenvalue weighted by molar-refractivity contribution is 6.32. The third-order valence-corrected chi connectivity index (χ3v) is 2.76. The molecule has 0 atom stereocenters. The van der Waals surface area contributed by atoms with Crippen molar-refractivity contribution in [3.8, 4) is 17.6 Å². The molecule has 2 aromatic rings. The lowest BCUT2D eigenvalue weighted by molar-refractivity contribution is 0.295. The van der Waals surface area contributed by atoms with Crippen molar-refractivity contribution in [1.82, 2.24) is 4.98 Å². The molecule has 0 aliphatic carbocycles. The average molecular weight is 312 g/mol. The van der Waals surface area contributed by atoms with Gasteiger partial charge in [-0.1, -0.05) is 41.6 Å². The van der Waals surface area contributed by atoms with Crippen LogP contribution in [-0.2, 0) is 0 Å². The van der Waals surface area contributed by atoms with Crippen molar-refractivity contribution >= 4 is 11.6 Å². The molecule has 2 nitrogen and oxygen atoms in total. The van der Waals surface area contributed by atoms with E-state index in [2.05, 4.69) is 16.8 Å². The molecule has 1 aromatic heterocycles. The molecule has 0 saturated carbocycles. The van der Waals surface area contributed by atoms with Crippen LogP contribution in [0.2, 0.25) is 5.02 Å². The van der Waals surface area contributed by atoms with Crippen molar-refractivity contribution in [1.29, 1.82) is 0 Å². The van der Waals surface area contributed by atoms with Crippen molar-refractivity contribution in [2.24, 2.45) is 0 Å². The van der Waals surface area contributed by atoms with Gasteiger partial charge in [0, 0.05) is 12.0 Å². The van der Waals surface area contributed by atoms with Crippen LogP contribution in [0, 0.1) is 29.6 Å².